The minimum Gasteiger partial charge on any atom is -0.481 e. The number of hydrogen-bond donors (Lipinski definition) is 2. The topological polar surface area (TPSA) is 66.4 Å². The molecule has 1 heterocycles. The molecule has 1 atom stereocenters. The van der Waals surface area contributed by atoms with Gasteiger partial charge in [0.2, 0.25) is 5.91 Å². The summed E-state index contributed by atoms with van der Waals surface area (Å²) >= 11 is 7.28. The molecule has 0 saturated heterocycles. The number of carbonyl (C=O) groups excluding carboxylic acids is 1. The molecule has 6 heteroatoms. The Balaban J connectivity index is 2.28. The molecule has 0 bridgehead atoms. The number of amides is 1. The Labute approximate surface area is 109 Å². The Kier molecular flexibility index (Phi) is 5.44. The molecule has 0 spiro atoms. The first kappa shape index (κ1) is 14.0. The molecule has 0 aliphatic rings. The van der Waals surface area contributed by atoms with Gasteiger partial charge in [0.25, 0.3) is 0 Å². The van der Waals surface area contributed by atoms with Crippen molar-refractivity contribution in [2.75, 3.05) is 0 Å². The molecule has 17 heavy (non-hydrogen) atoms. The fraction of sp³-hybridized carbons (Fsp3) is 0.455. The number of aryl methyl sites for hydroxylation is 1. The summed E-state index contributed by atoms with van der Waals surface area (Å²) < 4.78 is 0. The summed E-state index contributed by atoms with van der Waals surface area (Å²) in [5.74, 6) is -1.05. The summed E-state index contributed by atoms with van der Waals surface area (Å²) in [7, 11) is 0. The van der Waals surface area contributed by atoms with Crippen LogP contribution in [-0.2, 0) is 16.0 Å². The van der Waals surface area contributed by atoms with Crippen molar-refractivity contribution in [3.63, 3.8) is 0 Å². The van der Waals surface area contributed by atoms with Gasteiger partial charge >= 0.3 is 5.97 Å². The number of nitrogens with one attached hydrogen (secondary N) is 1. The molecule has 0 saturated carbocycles. The average molecular weight is 276 g/mol. The van der Waals surface area contributed by atoms with E-state index in [2.05, 4.69) is 5.32 Å². The molecule has 1 rings (SSSR count). The van der Waals surface area contributed by atoms with Crippen molar-refractivity contribution in [2.45, 2.75) is 32.2 Å². The zero-order chi connectivity index (χ0) is 12.8. The van der Waals surface area contributed by atoms with E-state index in [9.17, 15) is 9.59 Å². The Morgan fingerprint density at radius 1 is 1.59 bits per heavy atom. The summed E-state index contributed by atoms with van der Waals surface area (Å²) in [6.45, 7) is 1.67. The number of carboxylic acids is 1. The number of thiophene rings is 1. The second-order valence-electron chi connectivity index (χ2n) is 3.80. The minimum atomic E-state index is -0.914. The maximum Gasteiger partial charge on any atom is 0.305 e. The Morgan fingerprint density at radius 3 is 2.82 bits per heavy atom. The third-order valence-corrected chi connectivity index (χ3v) is 3.45. The summed E-state index contributed by atoms with van der Waals surface area (Å²) in [6, 6.07) is 1.49. The standard InChI is InChI=1S/C11H14ClNO3S/c1-7(4-11(15)16)13-10(14)3-2-9-5-8(12)6-17-9/h5-7H,2-4H2,1H3,(H,13,14)(H,15,16). The molecule has 1 amide bonds. The van der Waals surface area contributed by atoms with E-state index in [0.29, 0.717) is 17.9 Å². The molecule has 2 N–H and O–H groups in total. The normalized spacial score (nSPS) is 12.1. The first-order valence-electron chi connectivity index (χ1n) is 5.21. The summed E-state index contributed by atoms with van der Waals surface area (Å²) in [5, 5.41) is 13.7. The summed E-state index contributed by atoms with van der Waals surface area (Å²) in [4.78, 5) is 22.9. The smallest absolute Gasteiger partial charge is 0.305 e. The van der Waals surface area contributed by atoms with Crippen LogP contribution in [0.5, 0.6) is 0 Å². The van der Waals surface area contributed by atoms with E-state index >= 15 is 0 Å². The zero-order valence-corrected chi connectivity index (χ0v) is 11.0. The largest absolute Gasteiger partial charge is 0.481 e. The molecule has 0 radical (unpaired) electrons. The summed E-state index contributed by atoms with van der Waals surface area (Å²) in [6.07, 6.45) is 0.917. The van der Waals surface area contributed by atoms with Crippen LogP contribution in [0.1, 0.15) is 24.6 Å². The van der Waals surface area contributed by atoms with E-state index in [4.69, 9.17) is 16.7 Å². The van der Waals surface area contributed by atoms with Crippen LogP contribution >= 0.6 is 22.9 Å². The molecule has 94 valence electrons. The highest BCUT2D eigenvalue weighted by molar-refractivity contribution is 7.10. The van der Waals surface area contributed by atoms with Crippen molar-refractivity contribution < 1.29 is 14.7 Å². The van der Waals surface area contributed by atoms with Gasteiger partial charge in [-0.15, -0.1) is 11.3 Å². The van der Waals surface area contributed by atoms with E-state index < -0.39 is 5.97 Å². The van der Waals surface area contributed by atoms with Gasteiger partial charge in [-0.3, -0.25) is 9.59 Å². The van der Waals surface area contributed by atoms with Gasteiger partial charge in [0, 0.05) is 22.7 Å². The van der Waals surface area contributed by atoms with Gasteiger partial charge in [-0.05, 0) is 19.4 Å². The van der Waals surface area contributed by atoms with E-state index in [-0.39, 0.29) is 18.4 Å². The van der Waals surface area contributed by atoms with Crippen molar-refractivity contribution in [2.24, 2.45) is 0 Å². The van der Waals surface area contributed by atoms with Gasteiger partial charge in [-0.2, -0.15) is 0 Å². The number of carbonyl (C=O) groups is 2. The Morgan fingerprint density at radius 2 is 2.29 bits per heavy atom. The van der Waals surface area contributed by atoms with Crippen LogP contribution in [0.4, 0.5) is 0 Å². The van der Waals surface area contributed by atoms with E-state index in [1.54, 1.807) is 6.92 Å². The highest BCUT2D eigenvalue weighted by Gasteiger charge is 2.11. The maximum absolute atomic E-state index is 11.5. The highest BCUT2D eigenvalue weighted by atomic mass is 35.5. The molecular formula is C11H14ClNO3S. The van der Waals surface area contributed by atoms with Crippen LogP contribution in [0.3, 0.4) is 0 Å². The Bertz CT molecular complexity index is 405. The van der Waals surface area contributed by atoms with Crippen molar-refractivity contribution in [3.8, 4) is 0 Å². The molecule has 1 aromatic heterocycles. The van der Waals surface area contributed by atoms with Gasteiger partial charge < -0.3 is 10.4 Å². The van der Waals surface area contributed by atoms with Crippen LogP contribution in [-0.4, -0.2) is 23.0 Å². The van der Waals surface area contributed by atoms with Gasteiger partial charge in [0.1, 0.15) is 0 Å². The summed E-state index contributed by atoms with van der Waals surface area (Å²) in [5.41, 5.74) is 0. The van der Waals surface area contributed by atoms with Crippen LogP contribution in [0.25, 0.3) is 0 Å². The van der Waals surface area contributed by atoms with Gasteiger partial charge in [0.15, 0.2) is 0 Å². The number of carboxylic acid groups (broad SMARTS) is 1. The lowest BCUT2D eigenvalue weighted by atomic mass is 10.2. The van der Waals surface area contributed by atoms with E-state index in [1.807, 2.05) is 11.4 Å². The van der Waals surface area contributed by atoms with E-state index in [1.165, 1.54) is 11.3 Å². The van der Waals surface area contributed by atoms with Crippen LogP contribution in [0.15, 0.2) is 11.4 Å². The molecule has 0 aliphatic heterocycles. The number of halogens is 1. The molecule has 4 nitrogen and oxygen atoms in total. The second-order valence-corrected chi connectivity index (χ2v) is 5.23. The average Bonchev–Trinajstić information content (AvgIpc) is 2.59. The van der Waals surface area contributed by atoms with Gasteiger partial charge in [-0.25, -0.2) is 0 Å². The Hall–Kier alpha value is -1.07. The molecule has 0 fully saturated rings. The van der Waals surface area contributed by atoms with Crippen molar-refractivity contribution >= 4 is 34.8 Å². The fourth-order valence-electron chi connectivity index (χ4n) is 1.38. The first-order valence-corrected chi connectivity index (χ1v) is 6.47. The number of hydrogen-bond acceptors (Lipinski definition) is 3. The number of rotatable bonds is 6. The lowest BCUT2D eigenvalue weighted by Crippen LogP contribution is -2.34. The molecular weight excluding hydrogens is 262 g/mol. The van der Waals surface area contributed by atoms with Crippen LogP contribution < -0.4 is 5.32 Å². The minimum absolute atomic E-state index is 0.0590. The predicted octanol–water partition coefficient (Wildman–Crippen LogP) is 2.31. The molecule has 1 unspecified atom stereocenters. The zero-order valence-electron chi connectivity index (χ0n) is 9.40. The van der Waals surface area contributed by atoms with E-state index in [0.717, 1.165) is 4.88 Å². The number of aliphatic carboxylic acids is 1. The van der Waals surface area contributed by atoms with Crippen molar-refractivity contribution in [1.29, 1.82) is 0 Å². The van der Waals surface area contributed by atoms with Crippen LogP contribution in [0.2, 0.25) is 5.02 Å². The third kappa shape index (κ3) is 5.70. The second kappa shape index (κ2) is 6.61. The lowest BCUT2D eigenvalue weighted by Gasteiger charge is -2.10. The molecule has 0 aliphatic carbocycles. The predicted molar refractivity (Wildman–Crippen MR) is 67.5 cm³/mol. The van der Waals surface area contributed by atoms with Crippen molar-refractivity contribution in [1.82, 2.24) is 5.32 Å². The fourth-order valence-corrected chi connectivity index (χ4v) is 2.46. The van der Waals surface area contributed by atoms with Gasteiger partial charge in [-0.1, -0.05) is 11.6 Å². The SMILES string of the molecule is CC(CC(=O)O)NC(=O)CCc1cc(Cl)cs1. The van der Waals surface area contributed by atoms with Gasteiger partial charge in [0.05, 0.1) is 11.4 Å². The molecule has 1 aromatic rings. The lowest BCUT2D eigenvalue weighted by molar-refractivity contribution is -0.137. The third-order valence-electron chi connectivity index (χ3n) is 2.11. The van der Waals surface area contributed by atoms with Crippen molar-refractivity contribution in [3.05, 3.63) is 21.3 Å². The monoisotopic (exact) mass is 275 g/mol. The maximum atomic E-state index is 11.5. The molecule has 0 aromatic carbocycles. The first-order chi connectivity index (χ1) is 7.97. The van der Waals surface area contributed by atoms with Crippen LogP contribution in [0, 0.1) is 0 Å². The highest BCUT2D eigenvalue weighted by Crippen LogP contribution is 2.20. The quantitative estimate of drug-likeness (QED) is 0.837.